The van der Waals surface area contributed by atoms with Crippen molar-refractivity contribution in [1.29, 1.82) is 0 Å². The van der Waals surface area contributed by atoms with E-state index in [2.05, 4.69) is 20.3 Å². The topological polar surface area (TPSA) is 73.4 Å². The second kappa shape index (κ2) is 5.68. The Balaban J connectivity index is 1.30. The van der Waals surface area contributed by atoms with Crippen molar-refractivity contribution in [2.75, 3.05) is 7.05 Å². The number of benzene rings is 1. The molecule has 0 spiro atoms. The summed E-state index contributed by atoms with van der Waals surface area (Å²) in [5.74, 6) is 1.31. The van der Waals surface area contributed by atoms with E-state index in [1.165, 1.54) is 0 Å². The zero-order valence-corrected chi connectivity index (χ0v) is 16.4. The molecule has 2 N–H and O–H groups in total. The van der Waals surface area contributed by atoms with E-state index in [1.807, 2.05) is 18.2 Å². The maximum absolute atomic E-state index is 15.3. The summed E-state index contributed by atoms with van der Waals surface area (Å²) in [6.07, 6.45) is 8.48. The molecule has 1 aliphatic heterocycles. The third kappa shape index (κ3) is 2.70. The van der Waals surface area contributed by atoms with E-state index in [9.17, 15) is 4.79 Å². The highest BCUT2D eigenvalue weighted by Crippen LogP contribution is 2.59. The summed E-state index contributed by atoms with van der Waals surface area (Å²) >= 11 is 0. The number of fused-ring (bicyclic) bond motifs is 1. The molecule has 29 heavy (non-hydrogen) atoms. The number of halogens is 1. The van der Waals surface area contributed by atoms with Gasteiger partial charge in [-0.1, -0.05) is 6.07 Å². The van der Waals surface area contributed by atoms with Crippen LogP contribution in [0.4, 0.5) is 4.39 Å². The van der Waals surface area contributed by atoms with Gasteiger partial charge in [0.25, 0.3) is 5.91 Å². The van der Waals surface area contributed by atoms with Gasteiger partial charge >= 0.3 is 0 Å². The predicted molar refractivity (Wildman–Crippen MR) is 109 cm³/mol. The van der Waals surface area contributed by atoms with Crippen molar-refractivity contribution in [2.24, 2.45) is 16.8 Å². The highest BCUT2D eigenvalue weighted by molar-refractivity contribution is 6.13. The number of aromatic amines is 1. The van der Waals surface area contributed by atoms with Crippen LogP contribution in [0.5, 0.6) is 0 Å². The normalized spacial score (nSPS) is 37.0. The summed E-state index contributed by atoms with van der Waals surface area (Å²) in [5.41, 5.74) is 1.76. The SMILES string of the molecule is CN1C(=O)/C(=C/c2ccc3[nH]cnc3c2)N=C1NC12CC3CC(CC(F)(C3)C1)C2. The predicted octanol–water partition coefficient (Wildman–Crippen LogP) is 3.38. The average Bonchev–Trinajstić information content (AvgIpc) is 3.20. The summed E-state index contributed by atoms with van der Waals surface area (Å²) in [7, 11) is 1.73. The number of H-pyrrole nitrogens is 1. The number of imidazole rings is 1. The van der Waals surface area contributed by atoms with E-state index in [-0.39, 0.29) is 11.4 Å². The Morgan fingerprint density at radius 3 is 2.83 bits per heavy atom. The number of aliphatic imine (C=N–C) groups is 1. The van der Waals surface area contributed by atoms with Crippen molar-refractivity contribution in [3.63, 3.8) is 0 Å². The Hall–Kier alpha value is -2.70. The number of likely N-dealkylation sites (N-methyl/N-ethyl adjacent to an activating group) is 1. The molecule has 1 aromatic heterocycles. The van der Waals surface area contributed by atoms with Gasteiger partial charge in [-0.25, -0.2) is 14.4 Å². The van der Waals surface area contributed by atoms with E-state index in [0.717, 1.165) is 35.9 Å². The van der Waals surface area contributed by atoms with Crippen LogP contribution in [0.3, 0.4) is 0 Å². The molecule has 2 atom stereocenters. The smallest absolute Gasteiger partial charge is 0.279 e. The van der Waals surface area contributed by atoms with Crippen LogP contribution in [0.25, 0.3) is 17.1 Å². The van der Waals surface area contributed by atoms with Crippen molar-refractivity contribution in [2.45, 2.75) is 49.7 Å². The molecule has 2 aromatic rings. The maximum atomic E-state index is 15.3. The molecule has 0 radical (unpaired) electrons. The maximum Gasteiger partial charge on any atom is 0.279 e. The monoisotopic (exact) mass is 393 g/mol. The van der Waals surface area contributed by atoms with Crippen molar-refractivity contribution in [3.05, 3.63) is 35.8 Å². The van der Waals surface area contributed by atoms with Gasteiger partial charge in [0.2, 0.25) is 5.96 Å². The number of alkyl halides is 1. The highest BCUT2D eigenvalue weighted by atomic mass is 19.1. The van der Waals surface area contributed by atoms with Gasteiger partial charge in [-0.15, -0.1) is 0 Å². The van der Waals surface area contributed by atoms with Gasteiger partial charge in [-0.2, -0.15) is 0 Å². The first-order valence-corrected chi connectivity index (χ1v) is 10.4. The molecule has 7 heteroatoms. The number of carbonyl (C=O) groups excluding carboxylic acids is 1. The fraction of sp³-hybridized carbons (Fsp3) is 0.500. The summed E-state index contributed by atoms with van der Waals surface area (Å²) in [4.78, 5) is 26.3. The zero-order valence-electron chi connectivity index (χ0n) is 16.4. The van der Waals surface area contributed by atoms with Crippen LogP contribution >= 0.6 is 0 Å². The van der Waals surface area contributed by atoms with E-state index < -0.39 is 5.67 Å². The fourth-order valence-electron chi connectivity index (χ4n) is 6.44. The van der Waals surface area contributed by atoms with Crippen LogP contribution in [0.1, 0.15) is 44.1 Å². The second-order valence-corrected chi connectivity index (χ2v) is 9.53. The van der Waals surface area contributed by atoms with Gasteiger partial charge in [-0.3, -0.25) is 9.69 Å². The number of hydrogen-bond donors (Lipinski definition) is 2. The lowest BCUT2D eigenvalue weighted by Crippen LogP contribution is -2.65. The first-order valence-electron chi connectivity index (χ1n) is 10.4. The summed E-state index contributed by atoms with van der Waals surface area (Å²) in [6, 6.07) is 5.81. The number of amides is 1. The lowest BCUT2D eigenvalue weighted by Gasteiger charge is -2.59. The molecule has 2 unspecified atom stereocenters. The molecule has 7 rings (SSSR count). The van der Waals surface area contributed by atoms with E-state index in [1.54, 1.807) is 24.4 Å². The average molecular weight is 393 g/mol. The van der Waals surface area contributed by atoms with Crippen molar-refractivity contribution in [3.8, 4) is 0 Å². The van der Waals surface area contributed by atoms with Crippen molar-refractivity contribution in [1.82, 2.24) is 20.2 Å². The zero-order chi connectivity index (χ0) is 19.8. The lowest BCUT2D eigenvalue weighted by molar-refractivity contribution is -0.122. The third-order valence-corrected chi connectivity index (χ3v) is 7.18. The third-order valence-electron chi connectivity index (χ3n) is 7.18. The first kappa shape index (κ1) is 17.2. The van der Waals surface area contributed by atoms with Crippen molar-refractivity contribution >= 4 is 29.0 Å². The molecule has 4 fully saturated rings. The largest absolute Gasteiger partial charge is 0.350 e. The number of aromatic nitrogens is 2. The molecule has 4 saturated carbocycles. The number of hydrogen-bond acceptors (Lipinski definition) is 4. The van der Waals surface area contributed by atoms with Gasteiger partial charge in [0.05, 0.1) is 17.4 Å². The summed E-state index contributed by atoms with van der Waals surface area (Å²) in [6.45, 7) is 0. The standard InChI is InChI=1S/C22H24FN5O/c1-28-19(29)18(6-13-2-3-16-17(5-13)25-12-24-16)26-20(28)27-22-9-14-4-15(10-22)8-21(23,7-14)11-22/h2-3,5-6,12,14-15H,4,7-11H2,1H3,(H,24,25)(H,26,27)/b18-6-. The number of carbonyl (C=O) groups is 1. The quantitative estimate of drug-likeness (QED) is 0.769. The van der Waals surface area contributed by atoms with Crippen LogP contribution < -0.4 is 5.32 Å². The Bertz CT molecular complexity index is 1070. The Morgan fingerprint density at radius 1 is 1.28 bits per heavy atom. The molecule has 1 amide bonds. The van der Waals surface area contributed by atoms with Gasteiger partial charge in [0.1, 0.15) is 11.4 Å². The van der Waals surface area contributed by atoms with E-state index >= 15 is 4.39 Å². The minimum Gasteiger partial charge on any atom is -0.350 e. The molecule has 2 heterocycles. The van der Waals surface area contributed by atoms with Gasteiger partial charge in [-0.05, 0) is 67.7 Å². The molecular weight excluding hydrogens is 369 g/mol. The summed E-state index contributed by atoms with van der Waals surface area (Å²) < 4.78 is 15.3. The Morgan fingerprint density at radius 2 is 2.07 bits per heavy atom. The minimum absolute atomic E-state index is 0.144. The number of rotatable bonds is 2. The number of nitrogens with zero attached hydrogens (tertiary/aromatic N) is 3. The van der Waals surface area contributed by atoms with Crippen LogP contribution in [-0.2, 0) is 4.79 Å². The number of guanidine groups is 1. The Kier molecular flexibility index (Phi) is 3.36. The van der Waals surface area contributed by atoms with E-state index in [4.69, 9.17) is 0 Å². The first-order chi connectivity index (χ1) is 13.9. The number of nitrogens with one attached hydrogen (secondary N) is 2. The van der Waals surface area contributed by atoms with Gasteiger partial charge < -0.3 is 10.3 Å². The molecule has 6 nitrogen and oxygen atoms in total. The Labute approximate surface area is 168 Å². The molecule has 0 saturated heterocycles. The van der Waals surface area contributed by atoms with Crippen molar-refractivity contribution < 1.29 is 9.18 Å². The molecule has 5 aliphatic rings. The lowest BCUT2D eigenvalue weighted by atomic mass is 9.52. The van der Waals surface area contributed by atoms with Crippen LogP contribution in [-0.4, -0.2) is 45.0 Å². The van der Waals surface area contributed by atoms with Crippen LogP contribution in [0, 0.1) is 11.8 Å². The molecule has 1 aromatic carbocycles. The summed E-state index contributed by atoms with van der Waals surface area (Å²) in [5, 5.41) is 3.53. The molecule has 4 aliphatic carbocycles. The van der Waals surface area contributed by atoms with Crippen LogP contribution in [0.2, 0.25) is 0 Å². The van der Waals surface area contributed by atoms with Crippen LogP contribution in [0.15, 0.2) is 35.2 Å². The van der Waals surface area contributed by atoms with Gasteiger partial charge in [0.15, 0.2) is 0 Å². The second-order valence-electron chi connectivity index (χ2n) is 9.53. The molecule has 150 valence electrons. The highest BCUT2D eigenvalue weighted by Gasteiger charge is 2.59. The van der Waals surface area contributed by atoms with Gasteiger partial charge in [0, 0.05) is 19.0 Å². The molecular formula is C22H24FN5O. The molecule has 4 bridgehead atoms. The van der Waals surface area contributed by atoms with E-state index in [0.29, 0.717) is 42.8 Å². The fourth-order valence-corrected chi connectivity index (χ4v) is 6.44. The minimum atomic E-state index is -1.05.